The van der Waals surface area contributed by atoms with Crippen molar-refractivity contribution >= 4 is 40.0 Å². The molecule has 1 amide bonds. The van der Waals surface area contributed by atoms with Crippen molar-refractivity contribution in [3.63, 3.8) is 0 Å². The van der Waals surface area contributed by atoms with E-state index in [1.54, 1.807) is 23.8 Å². The van der Waals surface area contributed by atoms with E-state index in [0.29, 0.717) is 48.0 Å². The summed E-state index contributed by atoms with van der Waals surface area (Å²) in [5.74, 6) is 0.223. The molecule has 214 valence electrons. The molecule has 4 aromatic rings. The molecule has 1 aliphatic rings. The number of benzene rings is 2. The van der Waals surface area contributed by atoms with Gasteiger partial charge in [0.1, 0.15) is 17.4 Å². The van der Waals surface area contributed by atoms with Crippen LogP contribution in [0.3, 0.4) is 0 Å². The minimum Gasteiger partial charge on any atom is -0.494 e. The topological polar surface area (TPSA) is 110 Å². The van der Waals surface area contributed by atoms with E-state index in [-0.39, 0.29) is 17.5 Å². The summed E-state index contributed by atoms with van der Waals surface area (Å²) < 4.78 is 23.3. The zero-order valence-corrected chi connectivity index (χ0v) is 23.6. The average molecular weight is 561 g/mol. The van der Waals surface area contributed by atoms with Crippen LogP contribution in [0.4, 0.5) is 27.4 Å². The summed E-state index contributed by atoms with van der Waals surface area (Å²) in [5, 5.41) is 6.02. The van der Waals surface area contributed by atoms with Crippen molar-refractivity contribution in [1.29, 1.82) is 0 Å². The van der Waals surface area contributed by atoms with Crippen LogP contribution in [0.1, 0.15) is 12.0 Å². The third kappa shape index (κ3) is 5.50. The number of rotatable bonds is 10. The molecule has 0 atom stereocenters. The third-order valence-electron chi connectivity index (χ3n) is 7.07. The lowest BCUT2D eigenvalue weighted by Gasteiger charge is -2.26. The monoisotopic (exact) mass is 560 g/mol. The molecule has 5 rings (SSSR count). The van der Waals surface area contributed by atoms with E-state index in [4.69, 9.17) is 4.74 Å². The first-order valence-corrected chi connectivity index (χ1v) is 13.3. The van der Waals surface area contributed by atoms with Crippen LogP contribution in [0, 0.1) is 5.82 Å². The summed E-state index contributed by atoms with van der Waals surface area (Å²) in [6, 6.07) is 8.01. The van der Waals surface area contributed by atoms with Gasteiger partial charge in [-0.05, 0) is 50.7 Å². The van der Waals surface area contributed by atoms with E-state index in [1.165, 1.54) is 29.0 Å². The highest BCUT2D eigenvalue weighted by molar-refractivity contribution is 6.02. The van der Waals surface area contributed by atoms with E-state index in [2.05, 4.69) is 32.1 Å². The van der Waals surface area contributed by atoms with E-state index in [0.717, 1.165) is 29.7 Å². The second kappa shape index (κ2) is 11.4. The van der Waals surface area contributed by atoms with Gasteiger partial charge < -0.3 is 25.2 Å². The SMILES string of the molecule is C=CC(=O)Nc1cc(Nc2nccc(-n3c(=O)n4c5c(cc(F)cc53)CCC4)n2)c(OC)cc1N(C)CCN(C)C. The molecule has 0 saturated heterocycles. The Morgan fingerprint density at radius 2 is 2.00 bits per heavy atom. The van der Waals surface area contributed by atoms with Gasteiger partial charge >= 0.3 is 5.69 Å². The Morgan fingerprint density at radius 3 is 2.73 bits per heavy atom. The van der Waals surface area contributed by atoms with Gasteiger partial charge in [0.25, 0.3) is 0 Å². The molecule has 2 N–H and O–H groups in total. The predicted octanol–water partition coefficient (Wildman–Crippen LogP) is 3.54. The summed E-state index contributed by atoms with van der Waals surface area (Å²) in [6.45, 7) is 5.62. The van der Waals surface area contributed by atoms with Gasteiger partial charge in [0.15, 0.2) is 0 Å². The second-order valence-electron chi connectivity index (χ2n) is 10.2. The quantitative estimate of drug-likeness (QED) is 0.284. The van der Waals surface area contributed by atoms with Crippen molar-refractivity contribution in [2.75, 3.05) is 56.9 Å². The van der Waals surface area contributed by atoms with Gasteiger partial charge in [0.2, 0.25) is 11.9 Å². The summed E-state index contributed by atoms with van der Waals surface area (Å²) >= 11 is 0. The van der Waals surface area contributed by atoms with Crippen molar-refractivity contribution in [2.24, 2.45) is 0 Å². The van der Waals surface area contributed by atoms with Crippen LogP contribution in [-0.2, 0) is 17.8 Å². The number of imidazole rings is 1. The Bertz CT molecular complexity index is 1690. The van der Waals surface area contributed by atoms with Gasteiger partial charge in [0.05, 0.1) is 35.2 Å². The molecule has 11 nitrogen and oxygen atoms in total. The zero-order valence-electron chi connectivity index (χ0n) is 23.6. The highest BCUT2D eigenvalue weighted by Gasteiger charge is 2.23. The van der Waals surface area contributed by atoms with Crippen molar-refractivity contribution in [3.8, 4) is 11.6 Å². The van der Waals surface area contributed by atoms with Crippen LogP contribution in [0.15, 0.2) is 54.0 Å². The van der Waals surface area contributed by atoms with Gasteiger partial charge in [0, 0.05) is 51.1 Å². The fraction of sp³-hybridized carbons (Fsp3) is 0.310. The lowest BCUT2D eigenvalue weighted by molar-refractivity contribution is -0.111. The number of carbonyl (C=O) groups is 1. The van der Waals surface area contributed by atoms with Gasteiger partial charge in [-0.3, -0.25) is 9.36 Å². The molecule has 0 unspecified atom stereocenters. The largest absolute Gasteiger partial charge is 0.494 e. The molecule has 0 bridgehead atoms. The number of halogens is 1. The fourth-order valence-electron chi connectivity index (χ4n) is 5.05. The number of likely N-dealkylation sites (N-methyl/N-ethyl adjacent to an activating group) is 2. The lowest BCUT2D eigenvalue weighted by Crippen LogP contribution is -2.29. The first-order chi connectivity index (χ1) is 19.7. The standard InChI is InChI=1S/C29H33FN8O3/c1-6-26(39)32-20-16-21(24(41-5)17-22(20)36(4)13-12-35(2)3)33-28-31-10-9-25(34-28)38-23-15-19(30)14-18-8-7-11-37(27(18)23)29(38)40/h6,9-10,14-17H,1,7-8,11-13H2,2-5H3,(H,32,39)(H,31,33,34). The van der Waals surface area contributed by atoms with Crippen LogP contribution in [0.25, 0.3) is 16.9 Å². The first-order valence-electron chi connectivity index (χ1n) is 13.3. The summed E-state index contributed by atoms with van der Waals surface area (Å²) in [6.07, 6.45) is 4.19. The Kier molecular flexibility index (Phi) is 7.75. The van der Waals surface area contributed by atoms with E-state index >= 15 is 0 Å². The molecule has 0 fully saturated rings. The number of anilines is 4. The second-order valence-corrected chi connectivity index (χ2v) is 10.2. The van der Waals surface area contributed by atoms with Gasteiger partial charge in [-0.2, -0.15) is 4.98 Å². The Labute approximate surface area is 236 Å². The molecular weight excluding hydrogens is 527 g/mol. The van der Waals surface area contributed by atoms with Crippen molar-refractivity contribution in [1.82, 2.24) is 24.0 Å². The number of hydrogen-bond acceptors (Lipinski definition) is 8. The molecule has 1 aliphatic heterocycles. The normalized spacial score (nSPS) is 12.4. The maximum absolute atomic E-state index is 14.5. The predicted molar refractivity (Wildman–Crippen MR) is 158 cm³/mol. The molecule has 2 aromatic heterocycles. The van der Waals surface area contributed by atoms with Crippen LogP contribution < -0.4 is 26.0 Å². The van der Waals surface area contributed by atoms with E-state index in [1.807, 2.05) is 32.1 Å². The summed E-state index contributed by atoms with van der Waals surface area (Å²) in [4.78, 5) is 38.7. The first kappa shape index (κ1) is 27.8. The van der Waals surface area contributed by atoms with Crippen molar-refractivity contribution < 1.29 is 13.9 Å². The average Bonchev–Trinajstić information content (AvgIpc) is 3.23. The van der Waals surface area contributed by atoms with Crippen molar-refractivity contribution in [2.45, 2.75) is 19.4 Å². The van der Waals surface area contributed by atoms with E-state index in [9.17, 15) is 14.0 Å². The smallest absolute Gasteiger partial charge is 0.334 e. The van der Waals surface area contributed by atoms with E-state index < -0.39 is 5.82 Å². The number of nitrogens with zero attached hydrogens (tertiary/aromatic N) is 6. The van der Waals surface area contributed by atoms with Crippen LogP contribution in [-0.4, -0.2) is 71.3 Å². The van der Waals surface area contributed by atoms with Crippen LogP contribution >= 0.6 is 0 Å². The van der Waals surface area contributed by atoms with Gasteiger partial charge in [-0.1, -0.05) is 6.58 Å². The lowest BCUT2D eigenvalue weighted by atomic mass is 10.0. The Morgan fingerprint density at radius 1 is 1.20 bits per heavy atom. The Hall–Kier alpha value is -4.71. The zero-order chi connectivity index (χ0) is 29.3. The van der Waals surface area contributed by atoms with Gasteiger partial charge in [-0.25, -0.2) is 18.7 Å². The molecule has 12 heteroatoms. The molecule has 0 saturated carbocycles. The number of aromatic nitrogens is 4. The number of carbonyl (C=O) groups excluding carboxylic acids is 1. The number of hydrogen-bond donors (Lipinski definition) is 2. The number of nitrogens with one attached hydrogen (secondary N) is 2. The minimum absolute atomic E-state index is 0.190. The van der Waals surface area contributed by atoms with Gasteiger partial charge in [-0.15, -0.1) is 0 Å². The molecule has 41 heavy (non-hydrogen) atoms. The highest BCUT2D eigenvalue weighted by Crippen LogP contribution is 2.38. The fourth-order valence-corrected chi connectivity index (χ4v) is 5.05. The summed E-state index contributed by atoms with van der Waals surface area (Å²) in [5.41, 5.74) is 3.51. The maximum Gasteiger partial charge on any atom is 0.334 e. The highest BCUT2D eigenvalue weighted by atomic mass is 19.1. The third-order valence-corrected chi connectivity index (χ3v) is 7.07. The van der Waals surface area contributed by atoms with Crippen LogP contribution in [0.2, 0.25) is 0 Å². The maximum atomic E-state index is 14.5. The number of aryl methyl sites for hydroxylation is 2. The van der Waals surface area contributed by atoms with Crippen molar-refractivity contribution in [3.05, 3.63) is 71.0 Å². The minimum atomic E-state index is -0.401. The molecule has 3 heterocycles. The number of amides is 1. The molecule has 0 aliphatic carbocycles. The number of methoxy groups -OCH3 is 1. The molecule has 2 aromatic carbocycles. The molecule has 0 spiro atoms. The molecule has 0 radical (unpaired) electrons. The Balaban J connectivity index is 1.55. The van der Waals surface area contributed by atoms with Crippen LogP contribution in [0.5, 0.6) is 5.75 Å². The summed E-state index contributed by atoms with van der Waals surface area (Å²) in [7, 11) is 7.46. The molecular formula is C29H33FN8O3. The number of ether oxygens (including phenoxy) is 1.